The van der Waals surface area contributed by atoms with Crippen LogP contribution in [-0.2, 0) is 0 Å². The minimum atomic E-state index is 0.704. The minimum Gasteiger partial charge on any atom is -0.495 e. The van der Waals surface area contributed by atoms with Crippen LogP contribution in [0.1, 0.15) is 6.42 Å². The second kappa shape index (κ2) is 5.34. The van der Waals surface area contributed by atoms with E-state index in [2.05, 4.69) is 11.0 Å². The van der Waals surface area contributed by atoms with Crippen LogP contribution in [0.4, 0.5) is 11.4 Å². The number of thioether (sulfide) groups is 1. The van der Waals surface area contributed by atoms with E-state index >= 15 is 0 Å². The second-order valence-electron chi connectivity index (χ2n) is 3.88. The average molecular weight is 238 g/mol. The zero-order valence-corrected chi connectivity index (χ0v) is 10.4. The maximum atomic E-state index is 5.81. The van der Waals surface area contributed by atoms with E-state index in [4.69, 9.17) is 10.5 Å². The fourth-order valence-electron chi connectivity index (χ4n) is 1.90. The van der Waals surface area contributed by atoms with Gasteiger partial charge in [-0.2, -0.15) is 11.8 Å². The van der Waals surface area contributed by atoms with Crippen molar-refractivity contribution in [2.24, 2.45) is 0 Å². The molecule has 1 aliphatic rings. The molecule has 1 aliphatic heterocycles. The molecule has 0 atom stereocenters. The van der Waals surface area contributed by atoms with Gasteiger partial charge in [0, 0.05) is 30.6 Å². The third-order valence-corrected chi connectivity index (χ3v) is 3.85. The highest BCUT2D eigenvalue weighted by Crippen LogP contribution is 2.28. The summed E-state index contributed by atoms with van der Waals surface area (Å²) >= 11 is 2.03. The highest BCUT2D eigenvalue weighted by Gasteiger charge is 2.11. The van der Waals surface area contributed by atoms with Crippen LogP contribution in [-0.4, -0.2) is 31.7 Å². The molecule has 88 valence electrons. The zero-order valence-electron chi connectivity index (χ0n) is 9.61. The van der Waals surface area contributed by atoms with Gasteiger partial charge in [-0.15, -0.1) is 0 Å². The van der Waals surface area contributed by atoms with Crippen molar-refractivity contribution in [1.29, 1.82) is 0 Å². The Morgan fingerprint density at radius 1 is 1.31 bits per heavy atom. The largest absolute Gasteiger partial charge is 0.495 e. The molecule has 0 bridgehead atoms. The van der Waals surface area contributed by atoms with E-state index < -0.39 is 0 Å². The minimum absolute atomic E-state index is 0.704. The molecule has 0 amide bonds. The molecule has 1 heterocycles. The molecule has 0 unspecified atom stereocenters. The maximum Gasteiger partial charge on any atom is 0.143 e. The number of hydrogen-bond acceptors (Lipinski definition) is 4. The maximum absolute atomic E-state index is 5.81. The van der Waals surface area contributed by atoms with Crippen molar-refractivity contribution in [1.82, 2.24) is 0 Å². The standard InChI is InChI=1S/C12H18N2OS/c1-15-12-9-10(3-4-11(12)13)14-5-2-7-16-8-6-14/h3-4,9H,2,5-8,13H2,1H3. The molecule has 4 heteroatoms. The van der Waals surface area contributed by atoms with E-state index in [0.717, 1.165) is 18.8 Å². The summed E-state index contributed by atoms with van der Waals surface area (Å²) in [4.78, 5) is 2.40. The number of methoxy groups -OCH3 is 1. The van der Waals surface area contributed by atoms with Crippen LogP contribution < -0.4 is 15.4 Å². The number of hydrogen-bond donors (Lipinski definition) is 1. The lowest BCUT2D eigenvalue weighted by atomic mass is 10.2. The second-order valence-corrected chi connectivity index (χ2v) is 5.10. The molecule has 0 aliphatic carbocycles. The Balaban J connectivity index is 2.18. The van der Waals surface area contributed by atoms with Crippen LogP contribution in [0.5, 0.6) is 5.75 Å². The lowest BCUT2D eigenvalue weighted by molar-refractivity contribution is 0.417. The Kier molecular flexibility index (Phi) is 3.83. The SMILES string of the molecule is COc1cc(N2CCCSCC2)ccc1N. The van der Waals surface area contributed by atoms with Gasteiger partial charge in [0.2, 0.25) is 0 Å². The molecular weight excluding hydrogens is 220 g/mol. The molecule has 0 saturated carbocycles. The Morgan fingerprint density at radius 3 is 3.00 bits per heavy atom. The lowest BCUT2D eigenvalue weighted by Crippen LogP contribution is -2.25. The van der Waals surface area contributed by atoms with E-state index in [1.54, 1.807) is 7.11 Å². The molecule has 2 rings (SSSR count). The summed E-state index contributed by atoms with van der Waals surface area (Å²) in [5.74, 6) is 3.24. The van der Waals surface area contributed by atoms with Crippen molar-refractivity contribution in [2.75, 3.05) is 42.3 Å². The molecule has 1 aromatic rings. The van der Waals surface area contributed by atoms with Gasteiger partial charge >= 0.3 is 0 Å². The van der Waals surface area contributed by atoms with Gasteiger partial charge in [0.25, 0.3) is 0 Å². The molecule has 0 radical (unpaired) electrons. The topological polar surface area (TPSA) is 38.5 Å². The van der Waals surface area contributed by atoms with Crippen molar-refractivity contribution in [2.45, 2.75) is 6.42 Å². The fraction of sp³-hybridized carbons (Fsp3) is 0.500. The molecule has 0 spiro atoms. The van der Waals surface area contributed by atoms with Crippen LogP contribution in [0.15, 0.2) is 18.2 Å². The highest BCUT2D eigenvalue weighted by molar-refractivity contribution is 7.99. The van der Waals surface area contributed by atoms with Gasteiger partial charge in [0.15, 0.2) is 0 Å². The predicted octanol–water partition coefficient (Wildman–Crippen LogP) is 2.22. The molecule has 2 N–H and O–H groups in total. The monoisotopic (exact) mass is 238 g/mol. The van der Waals surface area contributed by atoms with Crippen LogP contribution in [0.25, 0.3) is 0 Å². The summed E-state index contributed by atoms with van der Waals surface area (Å²) in [6.07, 6.45) is 1.25. The van der Waals surface area contributed by atoms with Crippen molar-refractivity contribution in [3.63, 3.8) is 0 Å². The zero-order chi connectivity index (χ0) is 11.4. The normalized spacial score (nSPS) is 16.9. The molecular formula is C12H18N2OS. The van der Waals surface area contributed by atoms with E-state index in [1.165, 1.54) is 23.6 Å². The van der Waals surface area contributed by atoms with E-state index in [1.807, 2.05) is 23.9 Å². The molecule has 1 fully saturated rings. The Morgan fingerprint density at radius 2 is 2.19 bits per heavy atom. The van der Waals surface area contributed by atoms with Crippen LogP contribution in [0.2, 0.25) is 0 Å². The Bertz CT molecular complexity index is 349. The third kappa shape index (κ3) is 2.55. The molecule has 3 nitrogen and oxygen atoms in total. The van der Waals surface area contributed by atoms with E-state index in [-0.39, 0.29) is 0 Å². The quantitative estimate of drug-likeness (QED) is 0.802. The number of rotatable bonds is 2. The van der Waals surface area contributed by atoms with Crippen LogP contribution >= 0.6 is 11.8 Å². The Hall–Kier alpha value is -1.03. The van der Waals surface area contributed by atoms with Gasteiger partial charge in [0.05, 0.1) is 12.8 Å². The number of anilines is 2. The summed E-state index contributed by atoms with van der Waals surface area (Å²) in [6, 6.07) is 6.03. The first-order valence-corrected chi connectivity index (χ1v) is 6.73. The number of nitrogen functional groups attached to an aromatic ring is 1. The lowest BCUT2D eigenvalue weighted by Gasteiger charge is -2.23. The van der Waals surface area contributed by atoms with E-state index in [0.29, 0.717) is 5.69 Å². The fourth-order valence-corrected chi connectivity index (χ4v) is 2.79. The van der Waals surface area contributed by atoms with Crippen molar-refractivity contribution in [3.05, 3.63) is 18.2 Å². The summed E-state index contributed by atoms with van der Waals surface area (Å²) in [7, 11) is 1.66. The summed E-state index contributed by atoms with van der Waals surface area (Å²) in [6.45, 7) is 2.23. The van der Waals surface area contributed by atoms with Gasteiger partial charge in [-0.3, -0.25) is 0 Å². The van der Waals surface area contributed by atoms with Gasteiger partial charge < -0.3 is 15.4 Å². The first kappa shape index (κ1) is 11.5. The molecule has 1 aromatic carbocycles. The summed E-state index contributed by atoms with van der Waals surface area (Å²) < 4.78 is 5.25. The number of benzene rings is 1. The number of ether oxygens (including phenoxy) is 1. The van der Waals surface area contributed by atoms with Crippen molar-refractivity contribution < 1.29 is 4.74 Å². The van der Waals surface area contributed by atoms with E-state index in [9.17, 15) is 0 Å². The van der Waals surface area contributed by atoms with Gasteiger partial charge in [-0.25, -0.2) is 0 Å². The molecule has 16 heavy (non-hydrogen) atoms. The number of nitrogens with zero attached hydrogens (tertiary/aromatic N) is 1. The third-order valence-electron chi connectivity index (χ3n) is 2.80. The van der Waals surface area contributed by atoms with Crippen LogP contribution in [0.3, 0.4) is 0 Å². The predicted molar refractivity (Wildman–Crippen MR) is 71.6 cm³/mol. The van der Waals surface area contributed by atoms with Crippen molar-refractivity contribution in [3.8, 4) is 5.75 Å². The summed E-state index contributed by atoms with van der Waals surface area (Å²) in [5.41, 5.74) is 7.73. The summed E-state index contributed by atoms with van der Waals surface area (Å²) in [5, 5.41) is 0. The van der Waals surface area contributed by atoms with Gasteiger partial charge in [0.1, 0.15) is 5.75 Å². The van der Waals surface area contributed by atoms with Crippen LogP contribution in [0, 0.1) is 0 Å². The Labute approximate surface area is 101 Å². The van der Waals surface area contributed by atoms with Gasteiger partial charge in [-0.05, 0) is 24.3 Å². The smallest absolute Gasteiger partial charge is 0.143 e. The first-order valence-electron chi connectivity index (χ1n) is 5.57. The molecule has 0 aromatic heterocycles. The first-order chi connectivity index (χ1) is 7.81. The van der Waals surface area contributed by atoms with Crippen molar-refractivity contribution >= 4 is 23.1 Å². The number of nitrogens with two attached hydrogens (primary N) is 1. The van der Waals surface area contributed by atoms with Gasteiger partial charge in [-0.1, -0.05) is 0 Å². The molecule has 1 saturated heterocycles. The highest BCUT2D eigenvalue weighted by atomic mass is 32.2. The average Bonchev–Trinajstić information content (AvgIpc) is 2.58.